The van der Waals surface area contributed by atoms with E-state index in [-0.39, 0.29) is 29.6 Å². The van der Waals surface area contributed by atoms with Crippen LogP contribution in [0.15, 0.2) is 48.5 Å². The Hall–Kier alpha value is -2.84. The molecule has 6 atom stereocenters. The highest BCUT2D eigenvalue weighted by atomic mass is 32.2. The number of thioether (sulfide) groups is 1. The summed E-state index contributed by atoms with van der Waals surface area (Å²) in [5.74, 6) is -1.65. The maximum Gasteiger partial charge on any atom is 0.248 e. The number of rotatable bonds is 8. The van der Waals surface area contributed by atoms with Crippen LogP contribution in [0.1, 0.15) is 48.9 Å². The summed E-state index contributed by atoms with van der Waals surface area (Å²) < 4.78 is -0.708. The second-order valence-corrected chi connectivity index (χ2v) is 12.1. The Labute approximate surface area is 222 Å². The summed E-state index contributed by atoms with van der Waals surface area (Å²) in [4.78, 5) is 43.3. The summed E-state index contributed by atoms with van der Waals surface area (Å²) >= 11 is 1.64. The zero-order chi connectivity index (χ0) is 26.3. The monoisotopic (exact) mass is 521 g/mol. The van der Waals surface area contributed by atoms with Crippen molar-refractivity contribution >= 4 is 35.2 Å². The standard InChI is InChI=1S/C29H35N3O4S/c1-4-14-30-26(34)23-22-12-13-29(37-22)24(23)28(36)32(21(16-33)19-8-6-5-7-9-19)25(29)27(35)31-20-15-17(2)10-11-18(20)3/h5-11,15,21-25,33H,4,12-14,16H2,1-3H3,(H,30,34)(H,31,35)/t21-,22-,23+,24+,25?,29?/m1/s1. The first-order valence-corrected chi connectivity index (χ1v) is 14.0. The number of nitrogens with zero attached hydrogens (tertiary/aromatic N) is 1. The van der Waals surface area contributed by atoms with E-state index in [1.807, 2.05) is 69.3 Å². The second-order valence-electron chi connectivity index (χ2n) is 10.5. The second kappa shape index (κ2) is 10.1. The average Bonchev–Trinajstić information content (AvgIpc) is 3.53. The van der Waals surface area contributed by atoms with Crippen LogP contribution < -0.4 is 10.6 Å². The Morgan fingerprint density at radius 2 is 1.92 bits per heavy atom. The SMILES string of the molecule is CCCNC(=O)[C@@H]1[C@H]2C(=O)N([C@H](CO)c3ccccc3)C(C(=O)Nc3cc(C)ccc3C)C23CC[C@H]1S3. The van der Waals surface area contributed by atoms with Gasteiger partial charge in [-0.1, -0.05) is 49.4 Å². The van der Waals surface area contributed by atoms with E-state index in [0.717, 1.165) is 29.5 Å². The van der Waals surface area contributed by atoms with E-state index >= 15 is 0 Å². The van der Waals surface area contributed by atoms with Crippen LogP contribution in [-0.4, -0.2) is 56.9 Å². The zero-order valence-corrected chi connectivity index (χ0v) is 22.4. The van der Waals surface area contributed by atoms with E-state index < -0.39 is 28.7 Å². The van der Waals surface area contributed by atoms with E-state index in [1.54, 1.807) is 16.7 Å². The molecule has 2 aromatic rings. The number of nitrogens with one attached hydrogen (secondary N) is 2. The first kappa shape index (κ1) is 25.8. The molecule has 0 aromatic heterocycles. The lowest BCUT2D eigenvalue weighted by molar-refractivity contribution is -0.142. The minimum atomic E-state index is -0.804. The average molecular weight is 522 g/mol. The molecule has 37 heavy (non-hydrogen) atoms. The fourth-order valence-corrected chi connectivity index (χ4v) is 8.70. The van der Waals surface area contributed by atoms with Crippen LogP contribution >= 0.6 is 11.8 Å². The maximum atomic E-state index is 14.3. The number of amides is 3. The molecule has 3 aliphatic rings. The lowest BCUT2D eigenvalue weighted by Gasteiger charge is -2.37. The molecule has 5 rings (SSSR count). The Bertz CT molecular complexity index is 1200. The summed E-state index contributed by atoms with van der Waals surface area (Å²) in [5, 5.41) is 16.7. The molecule has 3 fully saturated rings. The molecule has 2 unspecified atom stereocenters. The number of aliphatic hydroxyl groups excluding tert-OH is 1. The van der Waals surface area contributed by atoms with Crippen LogP contribution in [0.25, 0.3) is 0 Å². The van der Waals surface area contributed by atoms with Gasteiger partial charge in [-0.3, -0.25) is 14.4 Å². The van der Waals surface area contributed by atoms with E-state index in [4.69, 9.17) is 0 Å². The third-order valence-corrected chi connectivity index (χ3v) is 10.1. The van der Waals surface area contributed by atoms with Gasteiger partial charge in [-0.2, -0.15) is 0 Å². The van der Waals surface area contributed by atoms with Crippen LogP contribution in [0.2, 0.25) is 0 Å². The van der Waals surface area contributed by atoms with Gasteiger partial charge in [0.15, 0.2) is 0 Å². The van der Waals surface area contributed by atoms with Gasteiger partial charge in [0.1, 0.15) is 6.04 Å². The lowest BCUT2D eigenvalue weighted by Crippen LogP contribution is -2.52. The van der Waals surface area contributed by atoms with Crippen molar-refractivity contribution < 1.29 is 19.5 Å². The van der Waals surface area contributed by atoms with Gasteiger partial charge in [-0.15, -0.1) is 11.8 Å². The van der Waals surface area contributed by atoms with Crippen molar-refractivity contribution in [1.82, 2.24) is 10.2 Å². The van der Waals surface area contributed by atoms with Gasteiger partial charge in [-0.05, 0) is 55.9 Å². The topological polar surface area (TPSA) is 98.7 Å². The van der Waals surface area contributed by atoms with Crippen molar-refractivity contribution in [2.45, 2.75) is 62.1 Å². The summed E-state index contributed by atoms with van der Waals surface area (Å²) in [6, 6.07) is 13.8. The Morgan fingerprint density at radius 1 is 1.16 bits per heavy atom. The summed E-state index contributed by atoms with van der Waals surface area (Å²) in [5.41, 5.74) is 3.45. The molecular weight excluding hydrogens is 486 g/mol. The third kappa shape index (κ3) is 4.24. The third-order valence-electron chi connectivity index (χ3n) is 8.18. The Kier molecular flexibility index (Phi) is 7.07. The number of carbonyl (C=O) groups excluding carboxylic acids is 3. The van der Waals surface area contributed by atoms with E-state index in [1.165, 1.54) is 0 Å². The molecule has 3 aliphatic heterocycles. The molecule has 2 bridgehead atoms. The Morgan fingerprint density at radius 3 is 2.62 bits per heavy atom. The molecule has 3 heterocycles. The number of aryl methyl sites for hydroxylation is 2. The van der Waals surface area contributed by atoms with Gasteiger partial charge in [0.05, 0.1) is 29.2 Å². The van der Waals surface area contributed by atoms with Gasteiger partial charge in [0, 0.05) is 17.5 Å². The maximum absolute atomic E-state index is 14.3. The molecule has 7 nitrogen and oxygen atoms in total. The van der Waals surface area contributed by atoms with Crippen LogP contribution in [0, 0.1) is 25.7 Å². The van der Waals surface area contributed by atoms with Crippen LogP contribution in [0.5, 0.6) is 0 Å². The van der Waals surface area contributed by atoms with E-state index in [0.29, 0.717) is 18.7 Å². The largest absolute Gasteiger partial charge is 0.394 e. The first-order valence-electron chi connectivity index (χ1n) is 13.1. The van der Waals surface area contributed by atoms with Crippen molar-refractivity contribution in [1.29, 1.82) is 0 Å². The number of aliphatic hydroxyl groups is 1. The fourth-order valence-electron chi connectivity index (χ4n) is 6.49. The number of anilines is 1. The fraction of sp³-hybridized carbons (Fsp3) is 0.483. The van der Waals surface area contributed by atoms with Gasteiger partial charge < -0.3 is 20.6 Å². The summed E-state index contributed by atoms with van der Waals surface area (Å²) in [6.07, 6.45) is 2.28. The predicted octanol–water partition coefficient (Wildman–Crippen LogP) is 3.59. The number of hydrogen-bond donors (Lipinski definition) is 3. The van der Waals surface area contributed by atoms with E-state index in [9.17, 15) is 19.5 Å². The summed E-state index contributed by atoms with van der Waals surface area (Å²) in [7, 11) is 0. The van der Waals surface area contributed by atoms with E-state index in [2.05, 4.69) is 10.6 Å². The quantitative estimate of drug-likeness (QED) is 0.493. The van der Waals surface area contributed by atoms with Crippen LogP contribution in [0.4, 0.5) is 5.69 Å². The highest BCUT2D eigenvalue weighted by Gasteiger charge is 2.74. The molecule has 0 aliphatic carbocycles. The number of hydrogen-bond acceptors (Lipinski definition) is 5. The van der Waals surface area contributed by atoms with Crippen LogP contribution in [-0.2, 0) is 14.4 Å². The molecule has 0 saturated carbocycles. The smallest absolute Gasteiger partial charge is 0.248 e. The minimum absolute atomic E-state index is 0.00765. The van der Waals surface area contributed by atoms with Crippen molar-refractivity contribution in [3.63, 3.8) is 0 Å². The number of likely N-dealkylation sites (tertiary alicyclic amines) is 1. The van der Waals surface area contributed by atoms with Gasteiger partial charge in [0.2, 0.25) is 17.7 Å². The van der Waals surface area contributed by atoms with Crippen LogP contribution in [0.3, 0.4) is 0 Å². The number of fused-ring (bicyclic) bond motifs is 1. The number of carbonyl (C=O) groups is 3. The molecule has 196 valence electrons. The first-order chi connectivity index (χ1) is 17.8. The van der Waals surface area contributed by atoms with Crippen molar-refractivity contribution in [3.05, 3.63) is 65.2 Å². The van der Waals surface area contributed by atoms with Crippen molar-refractivity contribution in [2.24, 2.45) is 11.8 Å². The highest BCUT2D eigenvalue weighted by molar-refractivity contribution is 8.02. The van der Waals surface area contributed by atoms with Crippen molar-refractivity contribution in [2.75, 3.05) is 18.5 Å². The molecule has 1 spiro atoms. The molecule has 0 radical (unpaired) electrons. The molecular formula is C29H35N3O4S. The molecule has 3 N–H and O–H groups in total. The zero-order valence-electron chi connectivity index (χ0n) is 21.6. The van der Waals surface area contributed by atoms with Gasteiger partial charge in [-0.25, -0.2) is 0 Å². The Balaban J connectivity index is 1.58. The molecule has 2 aromatic carbocycles. The lowest BCUT2D eigenvalue weighted by atomic mass is 9.70. The highest BCUT2D eigenvalue weighted by Crippen LogP contribution is 2.67. The minimum Gasteiger partial charge on any atom is -0.394 e. The predicted molar refractivity (Wildman–Crippen MR) is 145 cm³/mol. The number of benzene rings is 2. The molecule has 3 saturated heterocycles. The van der Waals surface area contributed by atoms with Crippen molar-refractivity contribution in [3.8, 4) is 0 Å². The normalized spacial score (nSPS) is 28.8. The molecule has 8 heteroatoms. The summed E-state index contributed by atoms with van der Waals surface area (Å²) in [6.45, 7) is 6.16. The molecule has 3 amide bonds. The van der Waals surface area contributed by atoms with Gasteiger partial charge in [0.25, 0.3) is 0 Å². The van der Waals surface area contributed by atoms with Gasteiger partial charge >= 0.3 is 0 Å².